The van der Waals surface area contributed by atoms with E-state index < -0.39 is 5.97 Å². The van der Waals surface area contributed by atoms with Crippen molar-refractivity contribution >= 4 is 5.97 Å². The second-order valence-corrected chi connectivity index (χ2v) is 5.17. The molecule has 2 fully saturated rings. The first-order valence-corrected chi connectivity index (χ1v) is 6.82. The van der Waals surface area contributed by atoms with Crippen LogP contribution >= 0.6 is 0 Å². The van der Waals surface area contributed by atoms with Crippen LogP contribution in [0.5, 0.6) is 0 Å². The van der Waals surface area contributed by atoms with E-state index in [1.54, 1.807) is 0 Å². The van der Waals surface area contributed by atoms with Crippen molar-refractivity contribution in [2.75, 3.05) is 13.2 Å². The van der Waals surface area contributed by atoms with Crippen LogP contribution in [0.15, 0.2) is 0 Å². The fourth-order valence-corrected chi connectivity index (χ4v) is 3.10. The molecule has 4 nitrogen and oxygen atoms in total. The van der Waals surface area contributed by atoms with Crippen molar-refractivity contribution in [2.45, 2.75) is 63.6 Å². The van der Waals surface area contributed by atoms with Crippen LogP contribution in [0.1, 0.15) is 45.4 Å². The Morgan fingerprint density at radius 2 is 2.24 bits per heavy atom. The third-order valence-electron chi connectivity index (χ3n) is 4.09. The molecule has 2 aliphatic rings. The van der Waals surface area contributed by atoms with Gasteiger partial charge in [0.15, 0.2) is 0 Å². The molecule has 2 aliphatic heterocycles. The molecule has 3 atom stereocenters. The van der Waals surface area contributed by atoms with Crippen molar-refractivity contribution in [3.05, 3.63) is 0 Å². The van der Waals surface area contributed by atoms with Crippen LogP contribution in [-0.4, -0.2) is 47.3 Å². The number of carboxylic acid groups (broad SMARTS) is 1. The van der Waals surface area contributed by atoms with Gasteiger partial charge in [0.05, 0.1) is 6.10 Å². The van der Waals surface area contributed by atoms with Gasteiger partial charge in [-0.05, 0) is 38.6 Å². The lowest BCUT2D eigenvalue weighted by molar-refractivity contribution is -0.147. The van der Waals surface area contributed by atoms with E-state index in [2.05, 4.69) is 11.8 Å². The molecule has 4 heteroatoms. The molecule has 0 aliphatic carbocycles. The highest BCUT2D eigenvalue weighted by atomic mass is 16.5. The monoisotopic (exact) mass is 241 g/mol. The number of hydrogen-bond donors (Lipinski definition) is 1. The summed E-state index contributed by atoms with van der Waals surface area (Å²) in [7, 11) is 0. The van der Waals surface area contributed by atoms with Crippen LogP contribution in [-0.2, 0) is 9.53 Å². The number of rotatable bonds is 3. The lowest BCUT2D eigenvalue weighted by atomic mass is 9.94. The van der Waals surface area contributed by atoms with Crippen molar-refractivity contribution in [3.8, 4) is 0 Å². The molecule has 0 aromatic carbocycles. The zero-order chi connectivity index (χ0) is 12.3. The molecule has 3 unspecified atom stereocenters. The minimum Gasteiger partial charge on any atom is -0.480 e. The van der Waals surface area contributed by atoms with E-state index in [1.165, 1.54) is 0 Å². The Labute approximate surface area is 103 Å². The maximum atomic E-state index is 11.3. The normalized spacial score (nSPS) is 35.7. The van der Waals surface area contributed by atoms with E-state index >= 15 is 0 Å². The standard InChI is InChI=1S/C13H23NO3/c1-2-11-9-10(6-8-17-11)14-7-4-3-5-12(14)13(15)16/h10-12H,2-9H2,1H3,(H,15,16). The number of carbonyl (C=O) groups is 1. The highest BCUT2D eigenvalue weighted by molar-refractivity contribution is 5.73. The zero-order valence-electron chi connectivity index (χ0n) is 10.6. The highest BCUT2D eigenvalue weighted by Gasteiger charge is 2.35. The summed E-state index contributed by atoms with van der Waals surface area (Å²) < 4.78 is 5.67. The number of ether oxygens (including phenoxy) is 1. The molecule has 0 amide bonds. The van der Waals surface area contributed by atoms with Crippen LogP contribution in [0.3, 0.4) is 0 Å². The van der Waals surface area contributed by atoms with E-state index in [0.717, 1.165) is 51.7 Å². The molecule has 0 aromatic rings. The lowest BCUT2D eigenvalue weighted by Crippen LogP contribution is -2.52. The fraction of sp³-hybridized carbons (Fsp3) is 0.923. The number of aliphatic carboxylic acids is 1. The van der Waals surface area contributed by atoms with Crippen molar-refractivity contribution < 1.29 is 14.6 Å². The summed E-state index contributed by atoms with van der Waals surface area (Å²) in [6.07, 6.45) is 6.34. The van der Waals surface area contributed by atoms with Gasteiger partial charge in [-0.3, -0.25) is 9.69 Å². The maximum absolute atomic E-state index is 11.3. The van der Waals surface area contributed by atoms with Crippen LogP contribution in [0.2, 0.25) is 0 Å². The number of likely N-dealkylation sites (tertiary alicyclic amines) is 1. The van der Waals surface area contributed by atoms with Gasteiger partial charge in [-0.2, -0.15) is 0 Å². The molecule has 0 aromatic heterocycles. The molecular formula is C13H23NO3. The third-order valence-corrected chi connectivity index (χ3v) is 4.09. The predicted octanol–water partition coefficient (Wildman–Crippen LogP) is 1.88. The SMILES string of the molecule is CCC1CC(N2CCCCC2C(=O)O)CCO1. The van der Waals surface area contributed by atoms with E-state index in [-0.39, 0.29) is 6.04 Å². The number of nitrogens with zero attached hydrogens (tertiary/aromatic N) is 1. The van der Waals surface area contributed by atoms with Crippen LogP contribution in [0, 0.1) is 0 Å². The fourth-order valence-electron chi connectivity index (χ4n) is 3.10. The summed E-state index contributed by atoms with van der Waals surface area (Å²) in [6, 6.07) is 0.152. The molecule has 0 bridgehead atoms. The van der Waals surface area contributed by atoms with E-state index in [4.69, 9.17) is 4.74 Å². The van der Waals surface area contributed by atoms with E-state index in [9.17, 15) is 9.90 Å². The summed E-state index contributed by atoms with van der Waals surface area (Å²) in [4.78, 5) is 13.5. The van der Waals surface area contributed by atoms with E-state index in [1.807, 2.05) is 0 Å². The van der Waals surface area contributed by atoms with Gasteiger partial charge in [0, 0.05) is 12.6 Å². The molecule has 2 saturated heterocycles. The van der Waals surface area contributed by atoms with Crippen molar-refractivity contribution in [3.63, 3.8) is 0 Å². The first kappa shape index (κ1) is 12.8. The zero-order valence-corrected chi connectivity index (χ0v) is 10.6. The molecular weight excluding hydrogens is 218 g/mol. The summed E-state index contributed by atoms with van der Waals surface area (Å²) in [5.41, 5.74) is 0. The molecule has 2 rings (SSSR count). The Hall–Kier alpha value is -0.610. The molecule has 17 heavy (non-hydrogen) atoms. The first-order chi connectivity index (χ1) is 8.22. The maximum Gasteiger partial charge on any atom is 0.320 e. The number of piperidine rings is 1. The van der Waals surface area contributed by atoms with E-state index in [0.29, 0.717) is 12.1 Å². The summed E-state index contributed by atoms with van der Waals surface area (Å²) >= 11 is 0. The van der Waals surface area contributed by atoms with Crippen molar-refractivity contribution in [1.29, 1.82) is 0 Å². The Morgan fingerprint density at radius 1 is 1.41 bits per heavy atom. The minimum absolute atomic E-state index is 0.260. The molecule has 2 heterocycles. The molecule has 0 spiro atoms. The Morgan fingerprint density at radius 3 is 2.94 bits per heavy atom. The van der Waals surface area contributed by atoms with Gasteiger partial charge in [0.1, 0.15) is 6.04 Å². The molecule has 1 N–H and O–H groups in total. The van der Waals surface area contributed by atoms with Crippen LogP contribution in [0.4, 0.5) is 0 Å². The molecule has 0 radical (unpaired) electrons. The Balaban J connectivity index is 2.00. The largest absolute Gasteiger partial charge is 0.480 e. The average molecular weight is 241 g/mol. The van der Waals surface area contributed by atoms with Gasteiger partial charge in [-0.1, -0.05) is 13.3 Å². The highest BCUT2D eigenvalue weighted by Crippen LogP contribution is 2.27. The second-order valence-electron chi connectivity index (χ2n) is 5.17. The smallest absolute Gasteiger partial charge is 0.320 e. The molecule has 98 valence electrons. The summed E-state index contributed by atoms with van der Waals surface area (Å²) in [5, 5.41) is 9.29. The van der Waals surface area contributed by atoms with Crippen molar-refractivity contribution in [1.82, 2.24) is 4.90 Å². The van der Waals surface area contributed by atoms with Gasteiger partial charge in [0.2, 0.25) is 0 Å². The quantitative estimate of drug-likeness (QED) is 0.819. The van der Waals surface area contributed by atoms with Gasteiger partial charge < -0.3 is 9.84 Å². The lowest BCUT2D eigenvalue weighted by Gasteiger charge is -2.42. The average Bonchev–Trinajstić information content (AvgIpc) is 2.39. The Bertz CT molecular complexity index is 269. The van der Waals surface area contributed by atoms with Crippen LogP contribution in [0.25, 0.3) is 0 Å². The molecule has 0 saturated carbocycles. The van der Waals surface area contributed by atoms with Crippen molar-refractivity contribution in [2.24, 2.45) is 0 Å². The third kappa shape index (κ3) is 2.99. The summed E-state index contributed by atoms with van der Waals surface area (Å²) in [5.74, 6) is -0.649. The van der Waals surface area contributed by atoms with Crippen LogP contribution < -0.4 is 0 Å². The van der Waals surface area contributed by atoms with Gasteiger partial charge >= 0.3 is 5.97 Å². The van der Waals surface area contributed by atoms with Gasteiger partial charge in [-0.25, -0.2) is 0 Å². The predicted molar refractivity (Wildman–Crippen MR) is 65.0 cm³/mol. The minimum atomic E-state index is -0.649. The topological polar surface area (TPSA) is 49.8 Å². The summed E-state index contributed by atoms with van der Waals surface area (Å²) in [6.45, 7) is 3.86. The first-order valence-electron chi connectivity index (χ1n) is 6.82. The van der Waals surface area contributed by atoms with Gasteiger partial charge in [0.25, 0.3) is 0 Å². The number of hydrogen-bond acceptors (Lipinski definition) is 3. The second kappa shape index (κ2) is 5.83. The van der Waals surface area contributed by atoms with Gasteiger partial charge in [-0.15, -0.1) is 0 Å². The Kier molecular flexibility index (Phi) is 4.40. The number of carboxylic acids is 1.